The zero-order valence-electron chi connectivity index (χ0n) is 13.8. The van der Waals surface area contributed by atoms with Gasteiger partial charge < -0.3 is 20.5 Å². The Balaban J connectivity index is 1.97. The van der Waals surface area contributed by atoms with Crippen molar-refractivity contribution in [3.8, 4) is 0 Å². The molecule has 5 heteroatoms. The molecule has 5 nitrogen and oxygen atoms in total. The number of nitrogens with two attached hydrogens (primary N) is 1. The molecule has 2 aliphatic heterocycles. The lowest BCUT2D eigenvalue weighted by Gasteiger charge is -2.44. The van der Waals surface area contributed by atoms with Crippen molar-refractivity contribution in [2.24, 2.45) is 22.1 Å². The molecule has 122 valence electrons. The van der Waals surface area contributed by atoms with Crippen molar-refractivity contribution in [1.82, 2.24) is 4.90 Å². The summed E-state index contributed by atoms with van der Waals surface area (Å²) < 4.78 is 5.36. The first-order chi connectivity index (χ1) is 9.84. The van der Waals surface area contributed by atoms with Gasteiger partial charge in [0.2, 0.25) is 0 Å². The second-order valence-corrected chi connectivity index (χ2v) is 7.40. The van der Waals surface area contributed by atoms with Crippen LogP contribution in [-0.4, -0.2) is 54.4 Å². The summed E-state index contributed by atoms with van der Waals surface area (Å²) in [5, 5.41) is 10.9. The van der Waals surface area contributed by atoms with Gasteiger partial charge in [0.05, 0.1) is 12.1 Å². The normalized spacial score (nSPS) is 27.7. The van der Waals surface area contributed by atoms with Gasteiger partial charge in [0.1, 0.15) is 0 Å². The van der Waals surface area contributed by atoms with Crippen LogP contribution in [0.4, 0.5) is 0 Å². The van der Waals surface area contributed by atoms with Crippen LogP contribution in [0.25, 0.3) is 0 Å². The molecule has 2 aliphatic rings. The molecule has 21 heavy (non-hydrogen) atoms. The van der Waals surface area contributed by atoms with Crippen LogP contribution >= 0.6 is 0 Å². The van der Waals surface area contributed by atoms with Crippen LogP contribution < -0.4 is 5.73 Å². The number of aliphatic imine (C=N–C) groups is 1. The molecule has 0 bridgehead atoms. The van der Waals surface area contributed by atoms with E-state index in [1.54, 1.807) is 0 Å². The Kier molecular flexibility index (Phi) is 5.15. The van der Waals surface area contributed by atoms with Crippen LogP contribution in [-0.2, 0) is 4.74 Å². The maximum atomic E-state index is 10.9. The Morgan fingerprint density at radius 1 is 1.43 bits per heavy atom. The average molecular weight is 297 g/mol. The third kappa shape index (κ3) is 3.89. The topological polar surface area (TPSA) is 71.1 Å². The van der Waals surface area contributed by atoms with Gasteiger partial charge >= 0.3 is 0 Å². The fourth-order valence-electron chi connectivity index (χ4n) is 3.31. The zero-order valence-corrected chi connectivity index (χ0v) is 13.8. The third-order valence-corrected chi connectivity index (χ3v) is 5.20. The predicted octanol–water partition coefficient (Wildman–Crippen LogP) is 1.60. The second kappa shape index (κ2) is 6.53. The number of aliphatic hydroxyl groups is 1. The summed E-state index contributed by atoms with van der Waals surface area (Å²) in [6.07, 6.45) is 3.81. The molecule has 2 rings (SSSR count). The number of nitrogens with zero attached hydrogens (tertiary/aromatic N) is 2. The summed E-state index contributed by atoms with van der Waals surface area (Å²) in [4.78, 5) is 6.77. The number of piperidine rings is 1. The van der Waals surface area contributed by atoms with Gasteiger partial charge in [-0.25, -0.2) is 0 Å². The van der Waals surface area contributed by atoms with Gasteiger partial charge in [0, 0.05) is 44.6 Å². The minimum absolute atomic E-state index is 0.289. The molecule has 0 aromatic rings. The first kappa shape index (κ1) is 16.6. The van der Waals surface area contributed by atoms with E-state index in [1.165, 1.54) is 12.8 Å². The van der Waals surface area contributed by atoms with Gasteiger partial charge in [-0.1, -0.05) is 20.8 Å². The maximum absolute atomic E-state index is 10.9. The first-order valence-corrected chi connectivity index (χ1v) is 8.19. The lowest BCUT2D eigenvalue weighted by molar-refractivity contribution is -0.128. The van der Waals surface area contributed by atoms with Crippen LogP contribution in [0.1, 0.15) is 46.5 Å². The number of hydrogen-bond acceptors (Lipinski definition) is 3. The van der Waals surface area contributed by atoms with Crippen molar-refractivity contribution in [3.63, 3.8) is 0 Å². The number of hydrogen-bond donors (Lipinski definition) is 2. The Bertz CT molecular complexity index is 376. The standard InChI is InChI=1S/C16H31N3O2/c1-13-5-4-8-19(11-13)14(17)18-12-15(2,3)16(20)6-9-21-10-7-16/h13,20H,4-12H2,1-3H3,(H2,17,18). The lowest BCUT2D eigenvalue weighted by Crippen LogP contribution is -2.51. The summed E-state index contributed by atoms with van der Waals surface area (Å²) >= 11 is 0. The molecule has 0 aromatic carbocycles. The van der Waals surface area contributed by atoms with Crippen LogP contribution in [0.3, 0.4) is 0 Å². The minimum atomic E-state index is -0.704. The lowest BCUT2D eigenvalue weighted by atomic mass is 9.70. The van der Waals surface area contributed by atoms with E-state index in [4.69, 9.17) is 10.5 Å². The van der Waals surface area contributed by atoms with Gasteiger partial charge in [0.25, 0.3) is 0 Å². The number of guanidine groups is 1. The van der Waals surface area contributed by atoms with E-state index < -0.39 is 5.60 Å². The monoisotopic (exact) mass is 297 g/mol. The highest BCUT2D eigenvalue weighted by atomic mass is 16.5. The van der Waals surface area contributed by atoms with Crippen molar-refractivity contribution in [1.29, 1.82) is 0 Å². The van der Waals surface area contributed by atoms with Crippen molar-refractivity contribution in [3.05, 3.63) is 0 Å². The molecular weight excluding hydrogens is 266 g/mol. The fourth-order valence-corrected chi connectivity index (χ4v) is 3.31. The predicted molar refractivity (Wildman–Crippen MR) is 85.2 cm³/mol. The Morgan fingerprint density at radius 3 is 2.71 bits per heavy atom. The Hall–Kier alpha value is -0.810. The molecule has 0 amide bonds. The summed E-state index contributed by atoms with van der Waals surface area (Å²) in [5.74, 6) is 1.31. The smallest absolute Gasteiger partial charge is 0.191 e. The summed E-state index contributed by atoms with van der Waals surface area (Å²) in [5.41, 5.74) is 5.17. The summed E-state index contributed by atoms with van der Waals surface area (Å²) in [7, 11) is 0. The zero-order chi connectivity index (χ0) is 15.5. The van der Waals surface area contributed by atoms with Crippen LogP contribution in [0, 0.1) is 11.3 Å². The summed E-state index contributed by atoms with van der Waals surface area (Å²) in [6.45, 7) is 10.2. The van der Waals surface area contributed by atoms with Crippen molar-refractivity contribution >= 4 is 5.96 Å². The van der Waals surface area contributed by atoms with Crippen LogP contribution in [0.2, 0.25) is 0 Å². The number of likely N-dealkylation sites (tertiary alicyclic amines) is 1. The van der Waals surface area contributed by atoms with E-state index >= 15 is 0 Å². The van der Waals surface area contributed by atoms with E-state index in [0.29, 0.717) is 44.5 Å². The quantitative estimate of drug-likeness (QED) is 0.613. The van der Waals surface area contributed by atoms with E-state index in [1.807, 2.05) is 0 Å². The number of ether oxygens (including phenoxy) is 1. The average Bonchev–Trinajstić information content (AvgIpc) is 2.45. The van der Waals surface area contributed by atoms with Crippen LogP contribution in [0.5, 0.6) is 0 Å². The molecule has 2 saturated heterocycles. The molecule has 0 aliphatic carbocycles. The van der Waals surface area contributed by atoms with Crippen molar-refractivity contribution in [2.75, 3.05) is 32.8 Å². The Labute approximate surface area is 128 Å². The molecule has 1 unspecified atom stereocenters. The first-order valence-electron chi connectivity index (χ1n) is 8.19. The highest BCUT2D eigenvalue weighted by Gasteiger charge is 2.44. The Morgan fingerprint density at radius 2 is 2.10 bits per heavy atom. The highest BCUT2D eigenvalue weighted by Crippen LogP contribution is 2.38. The molecular formula is C16H31N3O2. The molecule has 1 atom stereocenters. The van der Waals surface area contributed by atoms with Crippen molar-refractivity contribution < 1.29 is 9.84 Å². The second-order valence-electron chi connectivity index (χ2n) is 7.40. The molecule has 0 aromatic heterocycles. The van der Waals surface area contributed by atoms with Crippen LogP contribution in [0.15, 0.2) is 4.99 Å². The fraction of sp³-hybridized carbons (Fsp3) is 0.938. The summed E-state index contributed by atoms with van der Waals surface area (Å²) in [6, 6.07) is 0. The van der Waals surface area contributed by atoms with Gasteiger partial charge in [-0.15, -0.1) is 0 Å². The molecule has 3 N–H and O–H groups in total. The molecule has 2 heterocycles. The third-order valence-electron chi connectivity index (χ3n) is 5.20. The van der Waals surface area contributed by atoms with E-state index in [0.717, 1.165) is 13.1 Å². The SMILES string of the molecule is CC1CCCN(C(N)=NCC(C)(C)C2(O)CCOCC2)C1. The van der Waals surface area contributed by atoms with Gasteiger partial charge in [-0.05, 0) is 18.8 Å². The molecule has 2 fully saturated rings. The minimum Gasteiger partial charge on any atom is -0.389 e. The molecule has 0 radical (unpaired) electrons. The van der Waals surface area contributed by atoms with E-state index in [2.05, 4.69) is 30.7 Å². The molecule has 0 saturated carbocycles. The van der Waals surface area contributed by atoms with E-state index in [-0.39, 0.29) is 5.41 Å². The number of rotatable bonds is 3. The molecule has 0 spiro atoms. The van der Waals surface area contributed by atoms with Gasteiger partial charge in [0.15, 0.2) is 5.96 Å². The van der Waals surface area contributed by atoms with Crippen molar-refractivity contribution in [2.45, 2.75) is 52.1 Å². The van der Waals surface area contributed by atoms with E-state index in [9.17, 15) is 5.11 Å². The highest BCUT2D eigenvalue weighted by molar-refractivity contribution is 5.78. The van der Waals surface area contributed by atoms with Gasteiger partial charge in [-0.2, -0.15) is 0 Å². The maximum Gasteiger partial charge on any atom is 0.191 e. The van der Waals surface area contributed by atoms with Gasteiger partial charge in [-0.3, -0.25) is 4.99 Å². The largest absolute Gasteiger partial charge is 0.389 e.